The summed E-state index contributed by atoms with van der Waals surface area (Å²) >= 11 is 1.55. The molecular weight excluding hydrogens is 198 g/mol. The summed E-state index contributed by atoms with van der Waals surface area (Å²) < 4.78 is 5.31. The Hall–Kier alpha value is -0.740. The molecule has 3 rings (SSSR count). The Labute approximate surface area is 86.1 Å². The summed E-state index contributed by atoms with van der Waals surface area (Å²) in [6.45, 7) is 1.42. The smallest absolute Gasteiger partial charge is 0.148 e. The molecule has 1 aromatic heterocycles. The van der Waals surface area contributed by atoms with Crippen molar-refractivity contribution in [2.75, 3.05) is 13.2 Å². The number of hydrogen-bond donors (Lipinski definition) is 0. The zero-order chi connectivity index (χ0) is 9.60. The molecule has 1 aromatic rings. The molecule has 0 bridgehead atoms. The SMILES string of the molecule is O=C(Cc1nccs1)C12COCC1C2. The van der Waals surface area contributed by atoms with E-state index in [1.165, 1.54) is 0 Å². The Morgan fingerprint density at radius 1 is 1.79 bits per heavy atom. The molecule has 2 atom stereocenters. The van der Waals surface area contributed by atoms with Crippen molar-refractivity contribution in [2.24, 2.45) is 11.3 Å². The van der Waals surface area contributed by atoms with Crippen molar-refractivity contribution >= 4 is 17.1 Å². The molecular formula is C10H11NO2S. The zero-order valence-corrected chi connectivity index (χ0v) is 8.55. The molecule has 0 aromatic carbocycles. The predicted molar refractivity (Wildman–Crippen MR) is 52.2 cm³/mol. The maximum Gasteiger partial charge on any atom is 0.148 e. The highest BCUT2D eigenvalue weighted by atomic mass is 32.1. The fourth-order valence-corrected chi connectivity index (χ4v) is 2.85. The second kappa shape index (κ2) is 2.87. The van der Waals surface area contributed by atoms with E-state index in [0.717, 1.165) is 18.0 Å². The van der Waals surface area contributed by atoms with Crippen molar-refractivity contribution < 1.29 is 9.53 Å². The summed E-state index contributed by atoms with van der Waals surface area (Å²) in [7, 11) is 0. The van der Waals surface area contributed by atoms with Crippen molar-refractivity contribution in [1.82, 2.24) is 4.98 Å². The molecule has 0 N–H and O–H groups in total. The molecule has 4 heteroatoms. The molecule has 2 aliphatic rings. The van der Waals surface area contributed by atoms with Gasteiger partial charge in [-0.15, -0.1) is 11.3 Å². The number of aromatic nitrogens is 1. The Kier molecular flexibility index (Phi) is 1.76. The van der Waals surface area contributed by atoms with Crippen molar-refractivity contribution in [3.8, 4) is 0 Å². The van der Waals surface area contributed by atoms with Crippen molar-refractivity contribution in [1.29, 1.82) is 0 Å². The number of ketones is 1. The Balaban J connectivity index is 1.72. The van der Waals surface area contributed by atoms with E-state index in [2.05, 4.69) is 4.98 Å². The van der Waals surface area contributed by atoms with Crippen molar-refractivity contribution in [3.63, 3.8) is 0 Å². The molecule has 2 fully saturated rings. The van der Waals surface area contributed by atoms with Gasteiger partial charge in [0.05, 0.1) is 30.1 Å². The lowest BCUT2D eigenvalue weighted by molar-refractivity contribution is -0.124. The van der Waals surface area contributed by atoms with Crippen LogP contribution in [0.25, 0.3) is 0 Å². The van der Waals surface area contributed by atoms with Crippen LogP contribution in [0, 0.1) is 11.3 Å². The number of carbonyl (C=O) groups excluding carboxylic acids is 1. The topological polar surface area (TPSA) is 39.2 Å². The molecule has 1 aliphatic heterocycles. The van der Waals surface area contributed by atoms with E-state index >= 15 is 0 Å². The summed E-state index contributed by atoms with van der Waals surface area (Å²) in [5.74, 6) is 0.838. The van der Waals surface area contributed by atoms with Gasteiger partial charge in [-0.2, -0.15) is 0 Å². The minimum atomic E-state index is -0.105. The van der Waals surface area contributed by atoms with Crippen molar-refractivity contribution in [3.05, 3.63) is 16.6 Å². The van der Waals surface area contributed by atoms with Gasteiger partial charge in [-0.25, -0.2) is 4.98 Å². The van der Waals surface area contributed by atoms with Gasteiger partial charge in [0.1, 0.15) is 5.78 Å². The van der Waals surface area contributed by atoms with Gasteiger partial charge >= 0.3 is 0 Å². The van der Waals surface area contributed by atoms with Crippen LogP contribution in [0.3, 0.4) is 0 Å². The van der Waals surface area contributed by atoms with E-state index < -0.39 is 0 Å². The first kappa shape index (κ1) is 8.56. The van der Waals surface area contributed by atoms with Crippen LogP contribution in [0.5, 0.6) is 0 Å². The molecule has 14 heavy (non-hydrogen) atoms. The third-order valence-corrected chi connectivity index (χ3v) is 4.04. The fourth-order valence-electron chi connectivity index (χ4n) is 2.23. The lowest BCUT2D eigenvalue weighted by atomic mass is 9.98. The van der Waals surface area contributed by atoms with Crippen LogP contribution in [0.2, 0.25) is 0 Å². The molecule has 0 radical (unpaired) electrons. The van der Waals surface area contributed by atoms with Crippen LogP contribution in [0.4, 0.5) is 0 Å². The molecule has 2 unspecified atom stereocenters. The van der Waals surface area contributed by atoms with Gasteiger partial charge in [0.2, 0.25) is 0 Å². The third kappa shape index (κ3) is 1.14. The van der Waals surface area contributed by atoms with Gasteiger partial charge in [0.15, 0.2) is 0 Å². The first-order chi connectivity index (χ1) is 6.81. The van der Waals surface area contributed by atoms with Crippen LogP contribution in [-0.2, 0) is 16.0 Å². The highest BCUT2D eigenvalue weighted by molar-refractivity contribution is 7.09. The lowest BCUT2D eigenvalue weighted by Gasteiger charge is -2.07. The van der Waals surface area contributed by atoms with Gasteiger partial charge in [-0.3, -0.25) is 4.79 Å². The number of fused-ring (bicyclic) bond motifs is 1. The monoisotopic (exact) mass is 209 g/mol. The average molecular weight is 209 g/mol. The van der Waals surface area contributed by atoms with Gasteiger partial charge in [-0.05, 0) is 12.3 Å². The number of Topliss-reactive ketones (excluding diaryl/α,β-unsaturated/α-hetero) is 1. The van der Waals surface area contributed by atoms with Crippen molar-refractivity contribution in [2.45, 2.75) is 12.8 Å². The molecule has 1 saturated carbocycles. The standard InChI is InChI=1S/C10H11NO2S/c12-8(3-9-11-1-2-14-9)10-4-7(10)5-13-6-10/h1-2,7H,3-6H2. The molecule has 2 heterocycles. The highest BCUT2D eigenvalue weighted by Gasteiger charge is 2.62. The van der Waals surface area contributed by atoms with E-state index in [-0.39, 0.29) is 5.41 Å². The second-order valence-corrected chi connectivity index (χ2v) is 5.08. The quantitative estimate of drug-likeness (QED) is 0.753. The molecule has 0 amide bonds. The Morgan fingerprint density at radius 2 is 2.71 bits per heavy atom. The normalized spacial score (nSPS) is 34.1. The summed E-state index contributed by atoms with van der Waals surface area (Å²) in [5, 5.41) is 2.84. The molecule has 1 aliphatic carbocycles. The summed E-state index contributed by atoms with van der Waals surface area (Å²) in [6.07, 6.45) is 3.29. The van der Waals surface area contributed by atoms with Crippen LogP contribution < -0.4 is 0 Å². The minimum absolute atomic E-state index is 0.105. The van der Waals surface area contributed by atoms with E-state index in [4.69, 9.17) is 4.74 Å². The number of thiazole rings is 1. The number of carbonyl (C=O) groups is 1. The fraction of sp³-hybridized carbons (Fsp3) is 0.600. The van der Waals surface area contributed by atoms with Crippen LogP contribution in [0.15, 0.2) is 11.6 Å². The first-order valence-electron chi connectivity index (χ1n) is 4.81. The third-order valence-electron chi connectivity index (χ3n) is 3.26. The maximum absolute atomic E-state index is 12.0. The summed E-state index contributed by atoms with van der Waals surface area (Å²) in [6, 6.07) is 0. The highest BCUT2D eigenvalue weighted by Crippen LogP contribution is 2.57. The van der Waals surface area contributed by atoms with Gasteiger partial charge in [0, 0.05) is 11.6 Å². The number of hydrogen-bond acceptors (Lipinski definition) is 4. The molecule has 0 spiro atoms. The Bertz CT molecular complexity index is 362. The van der Waals surface area contributed by atoms with Crippen LogP contribution >= 0.6 is 11.3 Å². The minimum Gasteiger partial charge on any atom is -0.380 e. The lowest BCUT2D eigenvalue weighted by Crippen LogP contribution is -2.21. The van der Waals surface area contributed by atoms with Crippen LogP contribution in [-0.4, -0.2) is 24.0 Å². The average Bonchev–Trinajstić information content (AvgIpc) is 2.62. The second-order valence-electron chi connectivity index (χ2n) is 4.10. The maximum atomic E-state index is 12.0. The van der Waals surface area contributed by atoms with Gasteiger partial charge in [0.25, 0.3) is 0 Å². The predicted octanol–water partition coefficient (Wildman–Crippen LogP) is 1.29. The van der Waals surface area contributed by atoms with Gasteiger partial charge in [-0.1, -0.05) is 0 Å². The summed E-state index contributed by atoms with van der Waals surface area (Å²) in [5.41, 5.74) is -0.105. The van der Waals surface area contributed by atoms with Gasteiger partial charge < -0.3 is 4.74 Å². The molecule has 74 valence electrons. The zero-order valence-electron chi connectivity index (χ0n) is 7.73. The van der Waals surface area contributed by atoms with E-state index in [0.29, 0.717) is 24.7 Å². The van der Waals surface area contributed by atoms with Crippen LogP contribution in [0.1, 0.15) is 11.4 Å². The van der Waals surface area contributed by atoms with E-state index in [1.54, 1.807) is 17.5 Å². The van der Waals surface area contributed by atoms with E-state index in [1.807, 2.05) is 5.38 Å². The number of nitrogens with zero attached hydrogens (tertiary/aromatic N) is 1. The molecule has 3 nitrogen and oxygen atoms in total. The number of ether oxygens (including phenoxy) is 1. The number of rotatable bonds is 3. The Morgan fingerprint density at radius 3 is 3.29 bits per heavy atom. The molecule has 1 saturated heterocycles. The summed E-state index contributed by atoms with van der Waals surface area (Å²) in [4.78, 5) is 16.1. The largest absolute Gasteiger partial charge is 0.380 e. The van der Waals surface area contributed by atoms with E-state index in [9.17, 15) is 4.79 Å². The first-order valence-corrected chi connectivity index (χ1v) is 5.69.